The molecule has 0 unspecified atom stereocenters. The fourth-order valence-electron chi connectivity index (χ4n) is 5.08. The van der Waals surface area contributed by atoms with E-state index in [1.807, 2.05) is 24.4 Å². The number of ether oxygens (including phenoxy) is 1. The summed E-state index contributed by atoms with van der Waals surface area (Å²) >= 11 is 0. The molecule has 0 aliphatic carbocycles. The predicted molar refractivity (Wildman–Crippen MR) is 130 cm³/mol. The molecule has 3 aliphatic rings. The number of anilines is 1. The van der Waals surface area contributed by atoms with Crippen molar-refractivity contribution in [3.05, 3.63) is 47.8 Å². The first-order valence-corrected chi connectivity index (χ1v) is 12.2. The van der Waals surface area contributed by atoms with Gasteiger partial charge in [0.15, 0.2) is 5.65 Å². The van der Waals surface area contributed by atoms with Gasteiger partial charge in [0.2, 0.25) is 11.8 Å². The average Bonchev–Trinajstić information content (AvgIpc) is 3.45. The van der Waals surface area contributed by atoms with Crippen LogP contribution < -0.4 is 10.6 Å². The van der Waals surface area contributed by atoms with Crippen LogP contribution in [0.2, 0.25) is 0 Å². The average molecular weight is 490 g/mol. The molecule has 5 heterocycles. The molecule has 11 heteroatoms. The van der Waals surface area contributed by atoms with Gasteiger partial charge in [-0.1, -0.05) is 6.07 Å². The summed E-state index contributed by atoms with van der Waals surface area (Å²) < 4.78 is 7.13. The van der Waals surface area contributed by atoms with Crippen molar-refractivity contribution in [3.63, 3.8) is 0 Å². The molecule has 2 N–H and O–H groups in total. The number of hydrogen-bond acceptors (Lipinski definition) is 8. The Hall–Kier alpha value is -3.83. The molecule has 0 saturated carbocycles. The topological polar surface area (TPSA) is 121 Å². The third-order valence-corrected chi connectivity index (χ3v) is 7.04. The molecule has 186 valence electrons. The van der Waals surface area contributed by atoms with Gasteiger partial charge in [-0.05, 0) is 35.7 Å². The van der Waals surface area contributed by atoms with E-state index in [1.165, 1.54) is 0 Å². The largest absolute Gasteiger partial charge is 0.379 e. The molecule has 6 rings (SSSR count). The first-order chi connectivity index (χ1) is 17.6. The van der Waals surface area contributed by atoms with Crippen LogP contribution in [0.15, 0.2) is 36.7 Å². The number of rotatable bonds is 6. The van der Waals surface area contributed by atoms with E-state index in [0.717, 1.165) is 67.5 Å². The van der Waals surface area contributed by atoms with Crippen molar-refractivity contribution in [1.29, 1.82) is 0 Å². The first kappa shape index (κ1) is 22.6. The number of morpholine rings is 1. The Morgan fingerprint density at radius 3 is 2.81 bits per heavy atom. The molecule has 11 nitrogen and oxygen atoms in total. The molecule has 1 atom stereocenters. The van der Waals surface area contributed by atoms with Crippen LogP contribution in [0.5, 0.6) is 0 Å². The monoisotopic (exact) mass is 489 g/mol. The summed E-state index contributed by atoms with van der Waals surface area (Å²) in [4.78, 5) is 45.6. The Labute approximate surface area is 207 Å². The lowest BCUT2D eigenvalue weighted by Gasteiger charge is -2.29. The van der Waals surface area contributed by atoms with Gasteiger partial charge >= 0.3 is 0 Å². The van der Waals surface area contributed by atoms with Crippen LogP contribution in [0.3, 0.4) is 0 Å². The molecule has 2 saturated heterocycles. The Balaban J connectivity index is 1.20. The summed E-state index contributed by atoms with van der Waals surface area (Å²) in [5, 5.41) is 10.2. The van der Waals surface area contributed by atoms with E-state index in [-0.39, 0.29) is 18.2 Å². The fraction of sp³-hybridized carbons (Fsp3) is 0.400. The maximum absolute atomic E-state index is 13.0. The number of amides is 3. The number of piperidine rings is 1. The maximum atomic E-state index is 13.0. The summed E-state index contributed by atoms with van der Waals surface area (Å²) in [6.07, 6.45) is 4.23. The molecular formula is C25H27N7O4. The van der Waals surface area contributed by atoms with Gasteiger partial charge in [0.1, 0.15) is 11.9 Å². The molecule has 36 heavy (non-hydrogen) atoms. The van der Waals surface area contributed by atoms with Crippen molar-refractivity contribution in [2.75, 3.05) is 44.7 Å². The molecule has 2 aromatic heterocycles. The van der Waals surface area contributed by atoms with Crippen LogP contribution in [0, 0.1) is 0 Å². The Kier molecular flexibility index (Phi) is 5.86. The van der Waals surface area contributed by atoms with E-state index in [0.29, 0.717) is 18.5 Å². The lowest BCUT2D eigenvalue weighted by Crippen LogP contribution is -2.52. The maximum Gasteiger partial charge on any atom is 0.255 e. The fourth-order valence-corrected chi connectivity index (χ4v) is 5.08. The van der Waals surface area contributed by atoms with Gasteiger partial charge in [-0.25, -0.2) is 9.50 Å². The van der Waals surface area contributed by atoms with Gasteiger partial charge < -0.3 is 15.0 Å². The zero-order valence-electron chi connectivity index (χ0n) is 19.8. The minimum Gasteiger partial charge on any atom is -0.379 e. The first-order valence-electron chi connectivity index (χ1n) is 12.2. The van der Waals surface area contributed by atoms with Gasteiger partial charge in [-0.15, -0.1) is 0 Å². The lowest BCUT2D eigenvalue weighted by atomic mass is 10.0. The number of nitrogens with one attached hydrogen (secondary N) is 2. The highest BCUT2D eigenvalue weighted by Gasteiger charge is 2.39. The van der Waals surface area contributed by atoms with Crippen LogP contribution in [0.25, 0.3) is 16.8 Å². The van der Waals surface area contributed by atoms with Crippen LogP contribution in [0.4, 0.5) is 5.82 Å². The number of benzene rings is 1. The van der Waals surface area contributed by atoms with Gasteiger partial charge in [0.05, 0.1) is 19.4 Å². The number of carbonyl (C=O) groups excluding carboxylic acids is 3. The second-order valence-electron chi connectivity index (χ2n) is 9.29. The molecule has 1 aromatic carbocycles. The molecule has 3 aromatic rings. The van der Waals surface area contributed by atoms with E-state index < -0.39 is 11.9 Å². The summed E-state index contributed by atoms with van der Waals surface area (Å²) in [5.41, 5.74) is 3.92. The van der Waals surface area contributed by atoms with Crippen molar-refractivity contribution in [2.24, 2.45) is 0 Å². The van der Waals surface area contributed by atoms with Crippen LogP contribution in [-0.4, -0.2) is 87.6 Å². The van der Waals surface area contributed by atoms with E-state index in [9.17, 15) is 14.4 Å². The lowest BCUT2D eigenvalue weighted by molar-refractivity contribution is -0.136. The predicted octanol–water partition coefficient (Wildman–Crippen LogP) is 0.901. The van der Waals surface area contributed by atoms with E-state index in [1.54, 1.807) is 21.7 Å². The highest BCUT2D eigenvalue weighted by molar-refractivity contribution is 6.05. The minimum absolute atomic E-state index is 0.184. The van der Waals surface area contributed by atoms with Crippen molar-refractivity contribution < 1.29 is 19.1 Å². The third kappa shape index (κ3) is 4.20. The molecule has 0 spiro atoms. The van der Waals surface area contributed by atoms with Crippen LogP contribution in [0.1, 0.15) is 28.8 Å². The van der Waals surface area contributed by atoms with Gasteiger partial charge in [-0.3, -0.25) is 24.6 Å². The summed E-state index contributed by atoms with van der Waals surface area (Å²) in [5.74, 6) is -0.111. The number of carbonyl (C=O) groups is 3. The quantitative estimate of drug-likeness (QED) is 0.490. The Morgan fingerprint density at radius 2 is 1.97 bits per heavy atom. The SMILES string of the molecule is O=C1CC[C@H](N2Cc3cc(-c4cnn5ccc(NCCN6CCOCC6)nc45)ccc3C2=O)C(=O)N1. The van der Waals surface area contributed by atoms with Crippen LogP contribution >= 0.6 is 0 Å². The number of nitrogens with zero attached hydrogens (tertiary/aromatic N) is 5. The summed E-state index contributed by atoms with van der Waals surface area (Å²) in [7, 11) is 0. The second kappa shape index (κ2) is 9.32. The normalized spacial score (nSPS) is 20.6. The summed E-state index contributed by atoms with van der Waals surface area (Å²) in [6.45, 7) is 5.48. The molecule has 2 fully saturated rings. The van der Waals surface area contributed by atoms with Gasteiger partial charge in [0, 0.05) is 56.5 Å². The van der Waals surface area contributed by atoms with Crippen molar-refractivity contribution in [3.8, 4) is 11.1 Å². The third-order valence-electron chi connectivity index (χ3n) is 7.04. The number of aromatic nitrogens is 3. The number of fused-ring (bicyclic) bond motifs is 2. The summed E-state index contributed by atoms with van der Waals surface area (Å²) in [6, 6.07) is 6.93. The van der Waals surface area contributed by atoms with Crippen molar-refractivity contribution >= 4 is 29.2 Å². The molecule has 3 amide bonds. The zero-order valence-corrected chi connectivity index (χ0v) is 19.8. The molecular weight excluding hydrogens is 462 g/mol. The highest BCUT2D eigenvalue weighted by Crippen LogP contribution is 2.32. The minimum atomic E-state index is -0.629. The standard InChI is InChI=1S/C25H27N7O4/c33-22-4-3-20(24(34)29-22)31-15-17-13-16(1-2-18(17)25(31)35)19-14-27-32-7-5-21(28-23(19)32)26-6-8-30-9-11-36-12-10-30/h1-2,5,7,13-14,20H,3-4,6,8-12,15H2,(H,26,28)(H,29,33,34)/t20-/m0/s1. The van der Waals surface area contributed by atoms with Crippen molar-refractivity contribution in [1.82, 2.24) is 29.7 Å². The van der Waals surface area contributed by atoms with Gasteiger partial charge in [-0.2, -0.15) is 5.10 Å². The van der Waals surface area contributed by atoms with E-state index in [4.69, 9.17) is 9.72 Å². The Morgan fingerprint density at radius 1 is 1.11 bits per heavy atom. The van der Waals surface area contributed by atoms with Gasteiger partial charge in [0.25, 0.3) is 5.91 Å². The number of hydrogen-bond donors (Lipinski definition) is 2. The molecule has 0 bridgehead atoms. The molecule has 0 radical (unpaired) electrons. The van der Waals surface area contributed by atoms with Crippen molar-refractivity contribution in [2.45, 2.75) is 25.4 Å². The zero-order chi connectivity index (χ0) is 24.6. The second-order valence-corrected chi connectivity index (χ2v) is 9.29. The molecule has 3 aliphatic heterocycles. The number of imide groups is 1. The highest BCUT2D eigenvalue weighted by atomic mass is 16.5. The Bertz CT molecular complexity index is 1350. The smallest absolute Gasteiger partial charge is 0.255 e. The van der Waals surface area contributed by atoms with E-state index in [2.05, 4.69) is 20.6 Å². The van der Waals surface area contributed by atoms with Crippen LogP contribution in [-0.2, 0) is 20.9 Å². The van der Waals surface area contributed by atoms with E-state index >= 15 is 0 Å².